The van der Waals surface area contributed by atoms with E-state index in [1.165, 1.54) is 11.8 Å². The van der Waals surface area contributed by atoms with Crippen molar-refractivity contribution in [1.29, 1.82) is 0 Å². The Bertz CT molecular complexity index is 682. The lowest BCUT2D eigenvalue weighted by Gasteiger charge is -2.12. The van der Waals surface area contributed by atoms with Gasteiger partial charge in [-0.3, -0.25) is 0 Å². The number of hydrogen-bond donors (Lipinski definition) is 2. The molecular weight excluding hydrogens is 254 g/mol. The Labute approximate surface area is 116 Å². The molecule has 0 radical (unpaired) electrons. The van der Waals surface area contributed by atoms with Gasteiger partial charge in [0.2, 0.25) is 6.39 Å². The van der Waals surface area contributed by atoms with Gasteiger partial charge in [0.15, 0.2) is 5.82 Å². The standard InChI is InChI=1S/C15H15N3O2/c19-14(8-16-9-15-17-10-20-18-15)13-6-5-11-3-1-2-4-12(11)7-13/h1-7,10,14,16,19H,8-9H2. The van der Waals surface area contributed by atoms with Crippen molar-refractivity contribution in [2.75, 3.05) is 6.54 Å². The summed E-state index contributed by atoms with van der Waals surface area (Å²) < 4.78 is 4.64. The maximum Gasteiger partial charge on any atom is 0.213 e. The van der Waals surface area contributed by atoms with Crippen LogP contribution < -0.4 is 5.32 Å². The maximum absolute atomic E-state index is 10.2. The molecule has 2 aromatic carbocycles. The van der Waals surface area contributed by atoms with Crippen molar-refractivity contribution in [3.05, 3.63) is 60.2 Å². The zero-order valence-electron chi connectivity index (χ0n) is 10.9. The minimum atomic E-state index is -0.563. The lowest BCUT2D eigenvalue weighted by atomic mass is 10.0. The van der Waals surface area contributed by atoms with Crippen molar-refractivity contribution in [1.82, 2.24) is 15.5 Å². The van der Waals surface area contributed by atoms with E-state index in [-0.39, 0.29) is 0 Å². The average Bonchev–Trinajstić information content (AvgIpc) is 3.00. The highest BCUT2D eigenvalue weighted by molar-refractivity contribution is 5.83. The fraction of sp³-hybridized carbons (Fsp3) is 0.200. The predicted molar refractivity (Wildman–Crippen MR) is 74.9 cm³/mol. The normalized spacial score (nSPS) is 12.7. The van der Waals surface area contributed by atoms with Crippen LogP contribution in [0.5, 0.6) is 0 Å². The zero-order valence-corrected chi connectivity index (χ0v) is 10.9. The highest BCUT2D eigenvalue weighted by Crippen LogP contribution is 2.20. The third kappa shape index (κ3) is 2.84. The molecule has 3 aromatic rings. The molecule has 0 saturated carbocycles. The Morgan fingerprint density at radius 3 is 2.80 bits per heavy atom. The summed E-state index contributed by atoms with van der Waals surface area (Å²) in [7, 11) is 0. The van der Waals surface area contributed by atoms with E-state index in [0.29, 0.717) is 18.9 Å². The molecule has 2 N–H and O–H groups in total. The van der Waals surface area contributed by atoms with Gasteiger partial charge < -0.3 is 14.9 Å². The Hall–Kier alpha value is -2.24. The number of rotatable bonds is 5. The molecule has 1 atom stereocenters. The van der Waals surface area contributed by atoms with Gasteiger partial charge in [0.05, 0.1) is 12.6 Å². The van der Waals surface area contributed by atoms with Gasteiger partial charge in [-0.05, 0) is 22.4 Å². The number of aliphatic hydroxyl groups is 1. The molecule has 102 valence electrons. The Kier molecular flexibility index (Phi) is 3.71. The first-order valence-corrected chi connectivity index (χ1v) is 6.45. The number of aliphatic hydroxyl groups excluding tert-OH is 1. The summed E-state index contributed by atoms with van der Waals surface area (Å²) in [5.74, 6) is 0.579. The van der Waals surface area contributed by atoms with E-state index in [1.54, 1.807) is 0 Å². The Morgan fingerprint density at radius 1 is 1.15 bits per heavy atom. The second-order valence-corrected chi connectivity index (χ2v) is 4.60. The SMILES string of the molecule is OC(CNCc1ncon1)c1ccc2ccccc2c1. The molecule has 0 aliphatic heterocycles. The van der Waals surface area contributed by atoms with Gasteiger partial charge in [-0.2, -0.15) is 4.98 Å². The van der Waals surface area contributed by atoms with E-state index in [4.69, 9.17) is 0 Å². The summed E-state index contributed by atoms with van der Waals surface area (Å²) in [4.78, 5) is 3.90. The largest absolute Gasteiger partial charge is 0.387 e. The van der Waals surface area contributed by atoms with Gasteiger partial charge in [0.25, 0.3) is 0 Å². The third-order valence-electron chi connectivity index (χ3n) is 3.19. The number of nitrogens with zero attached hydrogens (tertiary/aromatic N) is 2. The van der Waals surface area contributed by atoms with Gasteiger partial charge in [-0.15, -0.1) is 0 Å². The van der Waals surface area contributed by atoms with Crippen LogP contribution in [0.1, 0.15) is 17.5 Å². The highest BCUT2D eigenvalue weighted by atomic mass is 16.5. The molecule has 3 rings (SSSR count). The van der Waals surface area contributed by atoms with Crippen molar-refractivity contribution in [3.8, 4) is 0 Å². The van der Waals surface area contributed by atoms with Crippen LogP contribution in [0.25, 0.3) is 10.8 Å². The number of fused-ring (bicyclic) bond motifs is 1. The topological polar surface area (TPSA) is 71.2 Å². The number of benzene rings is 2. The molecule has 5 nitrogen and oxygen atoms in total. The van der Waals surface area contributed by atoms with Crippen molar-refractivity contribution in [2.24, 2.45) is 0 Å². The third-order valence-corrected chi connectivity index (χ3v) is 3.19. The summed E-state index contributed by atoms with van der Waals surface area (Å²) in [5.41, 5.74) is 0.893. The molecule has 0 saturated heterocycles. The van der Waals surface area contributed by atoms with Crippen LogP contribution in [0.2, 0.25) is 0 Å². The molecule has 1 aromatic heterocycles. The minimum Gasteiger partial charge on any atom is -0.387 e. The van der Waals surface area contributed by atoms with Crippen LogP contribution in [0.3, 0.4) is 0 Å². The van der Waals surface area contributed by atoms with Gasteiger partial charge in [-0.25, -0.2) is 0 Å². The van der Waals surface area contributed by atoms with E-state index in [0.717, 1.165) is 10.9 Å². The van der Waals surface area contributed by atoms with Crippen LogP contribution in [0, 0.1) is 0 Å². The summed E-state index contributed by atoms with van der Waals surface area (Å²) >= 11 is 0. The van der Waals surface area contributed by atoms with Gasteiger partial charge in [0.1, 0.15) is 0 Å². The first-order valence-electron chi connectivity index (χ1n) is 6.45. The fourth-order valence-corrected chi connectivity index (χ4v) is 2.12. The van der Waals surface area contributed by atoms with E-state index in [2.05, 4.69) is 26.0 Å². The fourth-order valence-electron chi connectivity index (χ4n) is 2.12. The van der Waals surface area contributed by atoms with Crippen LogP contribution in [0.15, 0.2) is 53.4 Å². The molecule has 0 spiro atoms. The molecule has 5 heteroatoms. The summed E-state index contributed by atoms with van der Waals surface area (Å²) in [6, 6.07) is 14.1. The smallest absolute Gasteiger partial charge is 0.213 e. The lowest BCUT2D eigenvalue weighted by molar-refractivity contribution is 0.174. The van der Waals surface area contributed by atoms with Crippen LogP contribution in [0.4, 0.5) is 0 Å². The Balaban J connectivity index is 1.64. The molecular formula is C15H15N3O2. The molecule has 0 aliphatic carbocycles. The van der Waals surface area contributed by atoms with E-state index in [1.807, 2.05) is 36.4 Å². The maximum atomic E-state index is 10.2. The zero-order chi connectivity index (χ0) is 13.8. The summed E-state index contributed by atoms with van der Waals surface area (Å²) in [5, 5.41) is 19.3. The first kappa shape index (κ1) is 12.8. The van der Waals surface area contributed by atoms with Gasteiger partial charge in [-0.1, -0.05) is 41.6 Å². The number of aromatic nitrogens is 2. The van der Waals surface area contributed by atoms with Crippen molar-refractivity contribution >= 4 is 10.8 Å². The average molecular weight is 269 g/mol. The quantitative estimate of drug-likeness (QED) is 0.741. The molecule has 0 fully saturated rings. The van der Waals surface area contributed by atoms with E-state index in [9.17, 15) is 5.11 Å². The molecule has 1 unspecified atom stereocenters. The Morgan fingerprint density at radius 2 is 2.00 bits per heavy atom. The molecule has 20 heavy (non-hydrogen) atoms. The second-order valence-electron chi connectivity index (χ2n) is 4.60. The summed E-state index contributed by atoms with van der Waals surface area (Å²) in [6.07, 6.45) is 0.725. The molecule has 0 aliphatic rings. The number of nitrogens with one attached hydrogen (secondary N) is 1. The molecule has 0 bridgehead atoms. The number of hydrogen-bond acceptors (Lipinski definition) is 5. The van der Waals surface area contributed by atoms with E-state index < -0.39 is 6.10 Å². The van der Waals surface area contributed by atoms with Crippen molar-refractivity contribution < 1.29 is 9.63 Å². The van der Waals surface area contributed by atoms with Crippen molar-refractivity contribution in [2.45, 2.75) is 12.6 Å². The van der Waals surface area contributed by atoms with Gasteiger partial charge in [0, 0.05) is 6.54 Å². The van der Waals surface area contributed by atoms with Crippen LogP contribution in [-0.4, -0.2) is 21.8 Å². The molecule has 0 amide bonds. The van der Waals surface area contributed by atoms with Crippen LogP contribution >= 0.6 is 0 Å². The lowest BCUT2D eigenvalue weighted by Crippen LogP contribution is -2.21. The van der Waals surface area contributed by atoms with Crippen molar-refractivity contribution in [3.63, 3.8) is 0 Å². The highest BCUT2D eigenvalue weighted by Gasteiger charge is 2.08. The minimum absolute atomic E-state index is 0.437. The predicted octanol–water partition coefficient (Wildman–Crippen LogP) is 2.05. The van der Waals surface area contributed by atoms with E-state index >= 15 is 0 Å². The first-order chi connectivity index (χ1) is 9.83. The van der Waals surface area contributed by atoms with Crippen LogP contribution in [-0.2, 0) is 6.54 Å². The molecule has 1 heterocycles. The monoisotopic (exact) mass is 269 g/mol. The second kappa shape index (κ2) is 5.81. The summed E-state index contributed by atoms with van der Waals surface area (Å²) in [6.45, 7) is 0.911. The van der Waals surface area contributed by atoms with Gasteiger partial charge >= 0.3 is 0 Å².